The standard InChI is InChI=1S/C14H12BrNO4S/c15-5-1-3-6(4-2-5)21(18,19)20-14(17)10-8-7-9(10)13-11(7)12(8)16-13/h1-4,7-13,16H/t7?,8-,9+,10?,11?,12?,13?. The summed E-state index contributed by atoms with van der Waals surface area (Å²) in [6.07, 6.45) is 0. The van der Waals surface area contributed by atoms with Crippen molar-refractivity contribution in [2.45, 2.75) is 17.0 Å². The lowest BCUT2D eigenvalue weighted by atomic mass is 9.24. The normalized spacial score (nSPS) is 44.3. The van der Waals surface area contributed by atoms with Crippen LogP contribution in [0.15, 0.2) is 33.6 Å². The minimum Gasteiger partial charge on any atom is -0.342 e. The molecular weight excluding hydrogens is 358 g/mol. The van der Waals surface area contributed by atoms with Crippen LogP contribution in [0.1, 0.15) is 0 Å². The average molecular weight is 370 g/mol. The summed E-state index contributed by atoms with van der Waals surface area (Å²) in [5.74, 6) is 1.22. The Labute approximate surface area is 130 Å². The first-order valence-corrected chi connectivity index (χ1v) is 9.19. The smallest absolute Gasteiger partial charge is 0.341 e. The summed E-state index contributed by atoms with van der Waals surface area (Å²) >= 11 is 3.24. The van der Waals surface area contributed by atoms with Gasteiger partial charge in [0.2, 0.25) is 0 Å². The van der Waals surface area contributed by atoms with Gasteiger partial charge < -0.3 is 9.50 Å². The van der Waals surface area contributed by atoms with Crippen LogP contribution in [0.25, 0.3) is 0 Å². The molecular formula is C14H12BrNO4S. The van der Waals surface area contributed by atoms with Crippen molar-refractivity contribution in [3.63, 3.8) is 0 Å². The first kappa shape index (κ1) is 12.6. The number of benzene rings is 1. The summed E-state index contributed by atoms with van der Waals surface area (Å²) in [4.78, 5) is 12.2. The van der Waals surface area contributed by atoms with Gasteiger partial charge in [-0.2, -0.15) is 8.42 Å². The molecule has 0 spiro atoms. The number of piperidine rings is 4. The highest BCUT2D eigenvalue weighted by molar-refractivity contribution is 9.10. The molecule has 3 aliphatic carbocycles. The molecule has 1 heterocycles. The molecule has 7 atom stereocenters. The van der Waals surface area contributed by atoms with Crippen molar-refractivity contribution < 1.29 is 17.4 Å². The molecule has 1 aromatic carbocycles. The highest BCUT2D eigenvalue weighted by Crippen LogP contribution is 2.77. The first-order chi connectivity index (χ1) is 9.99. The second kappa shape index (κ2) is 3.70. The number of nitrogens with one attached hydrogen (secondary N) is 1. The Hall–Kier alpha value is -0.920. The third-order valence-corrected chi connectivity index (χ3v) is 7.53. The van der Waals surface area contributed by atoms with Gasteiger partial charge in [0.15, 0.2) is 0 Å². The van der Waals surface area contributed by atoms with Crippen LogP contribution in [-0.4, -0.2) is 26.5 Å². The quantitative estimate of drug-likeness (QED) is 0.808. The van der Waals surface area contributed by atoms with Gasteiger partial charge in [-0.3, -0.25) is 4.79 Å². The maximum Gasteiger partial charge on any atom is 0.341 e. The number of hydrogen-bond donors (Lipinski definition) is 1. The minimum absolute atomic E-state index is 0.0123. The second-order valence-corrected chi connectivity index (χ2v) is 8.83. The molecule has 3 saturated carbocycles. The molecule has 5 nitrogen and oxygen atoms in total. The maximum atomic E-state index is 12.2. The molecule has 5 rings (SSSR count). The van der Waals surface area contributed by atoms with Crippen molar-refractivity contribution in [3.8, 4) is 0 Å². The zero-order chi connectivity index (χ0) is 14.5. The molecule has 0 amide bonds. The molecule has 4 fully saturated rings. The van der Waals surface area contributed by atoms with Gasteiger partial charge in [0.05, 0.1) is 5.92 Å². The summed E-state index contributed by atoms with van der Waals surface area (Å²) in [5.41, 5.74) is 0. The van der Waals surface area contributed by atoms with E-state index in [9.17, 15) is 13.2 Å². The highest BCUT2D eigenvalue weighted by atomic mass is 79.9. The van der Waals surface area contributed by atoms with E-state index in [0.29, 0.717) is 29.8 Å². The van der Waals surface area contributed by atoms with E-state index in [1.165, 1.54) is 12.1 Å². The predicted molar refractivity (Wildman–Crippen MR) is 75.6 cm³/mol. The van der Waals surface area contributed by atoms with Crippen molar-refractivity contribution in [3.05, 3.63) is 28.7 Å². The molecule has 1 aromatic rings. The van der Waals surface area contributed by atoms with E-state index in [1.807, 2.05) is 0 Å². The lowest BCUT2D eigenvalue weighted by Crippen LogP contribution is -2.97. The fraction of sp³-hybridized carbons (Fsp3) is 0.500. The Kier molecular flexibility index (Phi) is 2.22. The molecule has 5 unspecified atom stereocenters. The topological polar surface area (TPSA) is 72.5 Å². The Morgan fingerprint density at radius 3 is 2.19 bits per heavy atom. The summed E-state index contributed by atoms with van der Waals surface area (Å²) < 4.78 is 29.9. The largest absolute Gasteiger partial charge is 0.342 e. The molecule has 0 bridgehead atoms. The molecule has 7 heteroatoms. The van der Waals surface area contributed by atoms with Gasteiger partial charge in [0.1, 0.15) is 4.90 Å². The van der Waals surface area contributed by atoms with E-state index in [2.05, 4.69) is 21.2 Å². The molecule has 4 aliphatic rings. The molecule has 110 valence electrons. The van der Waals surface area contributed by atoms with Crippen LogP contribution < -0.4 is 5.32 Å². The number of carbonyl (C=O) groups is 1. The number of rotatable bonds is 3. The zero-order valence-electron chi connectivity index (χ0n) is 10.8. The third-order valence-electron chi connectivity index (χ3n) is 5.77. The van der Waals surface area contributed by atoms with Crippen LogP contribution >= 0.6 is 15.9 Å². The number of fused-ring (bicyclic) bond motifs is 2. The number of hydrogen-bond acceptors (Lipinski definition) is 5. The third kappa shape index (κ3) is 1.36. The Morgan fingerprint density at radius 1 is 1.05 bits per heavy atom. The summed E-state index contributed by atoms with van der Waals surface area (Å²) in [7, 11) is -4.01. The van der Waals surface area contributed by atoms with E-state index >= 15 is 0 Å². The van der Waals surface area contributed by atoms with Crippen molar-refractivity contribution in [1.82, 2.24) is 5.32 Å². The van der Waals surface area contributed by atoms with E-state index in [1.54, 1.807) is 12.1 Å². The van der Waals surface area contributed by atoms with Gasteiger partial charge in [-0.25, -0.2) is 0 Å². The van der Waals surface area contributed by atoms with Crippen molar-refractivity contribution in [1.29, 1.82) is 0 Å². The molecule has 0 aromatic heterocycles. The average Bonchev–Trinajstić information content (AvgIpc) is 2.44. The Balaban J connectivity index is 1.35. The predicted octanol–water partition coefficient (Wildman–Crippen LogP) is 1.14. The van der Waals surface area contributed by atoms with Gasteiger partial charge in [0.25, 0.3) is 0 Å². The lowest BCUT2D eigenvalue weighted by molar-refractivity contribution is -0.349. The second-order valence-electron chi connectivity index (χ2n) is 6.36. The first-order valence-electron chi connectivity index (χ1n) is 6.99. The van der Waals surface area contributed by atoms with E-state index < -0.39 is 16.1 Å². The fourth-order valence-electron chi connectivity index (χ4n) is 4.89. The Bertz CT molecular complexity index is 733. The van der Waals surface area contributed by atoms with Crippen LogP contribution in [0.4, 0.5) is 0 Å². The summed E-state index contributed by atoms with van der Waals surface area (Å²) in [6.45, 7) is 0. The Morgan fingerprint density at radius 2 is 1.67 bits per heavy atom. The van der Waals surface area contributed by atoms with Gasteiger partial charge in [0, 0.05) is 16.6 Å². The zero-order valence-corrected chi connectivity index (χ0v) is 13.2. The molecule has 1 aliphatic heterocycles. The van der Waals surface area contributed by atoms with E-state index in [-0.39, 0.29) is 10.8 Å². The maximum absolute atomic E-state index is 12.2. The van der Waals surface area contributed by atoms with Crippen LogP contribution in [0.2, 0.25) is 0 Å². The number of halogens is 1. The highest BCUT2D eigenvalue weighted by Gasteiger charge is 2.85. The van der Waals surface area contributed by atoms with Gasteiger partial charge in [-0.15, -0.1) is 0 Å². The van der Waals surface area contributed by atoms with Crippen molar-refractivity contribution in [2.24, 2.45) is 29.6 Å². The molecule has 1 saturated heterocycles. The lowest BCUT2D eigenvalue weighted by Gasteiger charge is -2.86. The fourth-order valence-corrected chi connectivity index (χ4v) is 6.04. The molecule has 21 heavy (non-hydrogen) atoms. The van der Waals surface area contributed by atoms with Crippen LogP contribution in [-0.2, 0) is 19.1 Å². The van der Waals surface area contributed by atoms with E-state index in [4.69, 9.17) is 4.18 Å². The molecule has 1 N–H and O–H groups in total. The van der Waals surface area contributed by atoms with Gasteiger partial charge >= 0.3 is 16.1 Å². The SMILES string of the molecule is O=C(OS(=O)(=O)c1ccc(Br)cc1)C1[C@H]2C3NC4C3C2[C@@H]41. The molecule has 0 radical (unpaired) electrons. The monoisotopic (exact) mass is 369 g/mol. The van der Waals surface area contributed by atoms with Crippen LogP contribution in [0.5, 0.6) is 0 Å². The van der Waals surface area contributed by atoms with Crippen molar-refractivity contribution in [2.75, 3.05) is 0 Å². The van der Waals surface area contributed by atoms with Crippen LogP contribution in [0.3, 0.4) is 0 Å². The van der Waals surface area contributed by atoms with E-state index in [0.717, 1.165) is 10.4 Å². The van der Waals surface area contributed by atoms with Gasteiger partial charge in [-0.05, 0) is 47.9 Å². The summed E-state index contributed by atoms with van der Waals surface area (Å²) in [6, 6.07) is 6.94. The minimum atomic E-state index is -4.01. The van der Waals surface area contributed by atoms with Crippen LogP contribution in [0, 0.1) is 29.6 Å². The summed E-state index contributed by atoms with van der Waals surface area (Å²) in [5, 5.41) is 3.43. The number of carbonyl (C=O) groups excluding carboxylic acids is 1. The van der Waals surface area contributed by atoms with Gasteiger partial charge in [-0.1, -0.05) is 15.9 Å². The van der Waals surface area contributed by atoms with Crippen molar-refractivity contribution >= 4 is 32.0 Å².